The molecule has 60 valence electrons. The molecule has 0 unspecified atom stereocenters. The molecule has 2 aliphatic carbocycles. The Hall–Kier alpha value is -1.88. The van der Waals surface area contributed by atoms with Crippen molar-refractivity contribution < 1.29 is 0 Å². The number of hydrogen-bond acceptors (Lipinski definition) is 2. The topological polar surface area (TPSA) is 36.7 Å². The highest BCUT2D eigenvalue weighted by Gasteiger charge is 2.15. The van der Waals surface area contributed by atoms with E-state index in [1.807, 2.05) is 6.07 Å². The molecule has 0 N–H and O–H groups in total. The summed E-state index contributed by atoms with van der Waals surface area (Å²) in [4.78, 5) is 4.28. The molecule has 2 heteroatoms. The van der Waals surface area contributed by atoms with Gasteiger partial charge in [0, 0.05) is 17.8 Å². The molecular formula is C11H6N2. The van der Waals surface area contributed by atoms with Crippen LogP contribution in [-0.4, -0.2) is 4.98 Å². The lowest BCUT2D eigenvalue weighted by molar-refractivity contribution is 1.20. The molecule has 0 amide bonds. The van der Waals surface area contributed by atoms with E-state index in [-0.39, 0.29) is 0 Å². The molecule has 2 bridgehead atoms. The average molecular weight is 166 g/mol. The van der Waals surface area contributed by atoms with E-state index in [0.717, 1.165) is 17.0 Å². The Balaban J connectivity index is 2.52. The molecule has 0 fully saturated rings. The van der Waals surface area contributed by atoms with Gasteiger partial charge in [0.2, 0.25) is 0 Å². The number of pyridine rings is 1. The largest absolute Gasteiger partial charge is 0.255 e. The molecule has 13 heavy (non-hydrogen) atoms. The van der Waals surface area contributed by atoms with Gasteiger partial charge in [0.1, 0.15) is 6.07 Å². The van der Waals surface area contributed by atoms with Crippen LogP contribution < -0.4 is 10.6 Å². The molecule has 0 aliphatic heterocycles. The van der Waals surface area contributed by atoms with E-state index < -0.39 is 0 Å². The maximum absolute atomic E-state index is 8.71. The van der Waals surface area contributed by atoms with Crippen molar-refractivity contribution in [3.63, 3.8) is 0 Å². The fourth-order valence-corrected chi connectivity index (χ4v) is 1.90. The summed E-state index contributed by atoms with van der Waals surface area (Å²) in [7, 11) is 0. The van der Waals surface area contributed by atoms with Crippen LogP contribution in [0.3, 0.4) is 0 Å². The maximum atomic E-state index is 8.71. The Bertz CT molecular complexity index is 585. The first kappa shape index (κ1) is 6.62. The minimum atomic E-state index is 0.646. The van der Waals surface area contributed by atoms with Gasteiger partial charge in [-0.25, -0.2) is 0 Å². The summed E-state index contributed by atoms with van der Waals surface area (Å²) in [6.07, 6.45) is 6.86. The Kier molecular flexibility index (Phi) is 1.06. The molecule has 0 saturated carbocycles. The van der Waals surface area contributed by atoms with Gasteiger partial charge in [-0.1, -0.05) is 12.2 Å². The zero-order valence-corrected chi connectivity index (χ0v) is 6.91. The number of nitriles is 1. The summed E-state index contributed by atoms with van der Waals surface area (Å²) in [5, 5.41) is 10.9. The lowest BCUT2D eigenvalue weighted by Crippen LogP contribution is -2.28. The normalized spacial score (nSPS) is 16.2. The van der Waals surface area contributed by atoms with Gasteiger partial charge in [0.05, 0.1) is 10.9 Å². The van der Waals surface area contributed by atoms with Gasteiger partial charge < -0.3 is 0 Å². The van der Waals surface area contributed by atoms with Crippen LogP contribution in [0.5, 0.6) is 0 Å². The highest BCUT2D eigenvalue weighted by atomic mass is 14.7. The van der Waals surface area contributed by atoms with Crippen molar-refractivity contribution in [3.05, 3.63) is 40.5 Å². The Labute approximate surface area is 75.2 Å². The second-order valence-electron chi connectivity index (χ2n) is 3.29. The van der Waals surface area contributed by atoms with Gasteiger partial charge in [-0.15, -0.1) is 0 Å². The van der Waals surface area contributed by atoms with Gasteiger partial charge in [-0.05, 0) is 17.2 Å². The van der Waals surface area contributed by atoms with E-state index in [0.29, 0.717) is 5.56 Å². The smallest absolute Gasteiger partial charge is 0.101 e. The minimum Gasteiger partial charge on any atom is -0.255 e. The van der Waals surface area contributed by atoms with E-state index in [1.165, 1.54) is 11.1 Å². The molecule has 0 radical (unpaired) electrons. The van der Waals surface area contributed by atoms with Crippen molar-refractivity contribution in [2.45, 2.75) is 6.42 Å². The molecule has 0 saturated heterocycles. The van der Waals surface area contributed by atoms with Crippen molar-refractivity contribution >= 4 is 11.1 Å². The standard InChI is InChI=1S/C11H6N2/c12-5-7-3-10-8-1-2-9(4-8)11(10)13-6-7/h1-3,6H,4H2. The van der Waals surface area contributed by atoms with Crippen LogP contribution in [0, 0.1) is 11.3 Å². The summed E-state index contributed by atoms with van der Waals surface area (Å²) >= 11 is 0. The summed E-state index contributed by atoms with van der Waals surface area (Å²) in [5.74, 6) is 0. The maximum Gasteiger partial charge on any atom is 0.101 e. The number of allylic oxidation sites excluding steroid dienone is 2. The van der Waals surface area contributed by atoms with Gasteiger partial charge in [-0.3, -0.25) is 4.98 Å². The van der Waals surface area contributed by atoms with Gasteiger partial charge in [0.15, 0.2) is 0 Å². The molecule has 1 aromatic heterocycles. The molecule has 0 aromatic carbocycles. The fraction of sp³-hybridized carbons (Fsp3) is 0.0909. The van der Waals surface area contributed by atoms with Crippen LogP contribution in [0.25, 0.3) is 11.1 Å². The Morgan fingerprint density at radius 1 is 1.31 bits per heavy atom. The summed E-state index contributed by atoms with van der Waals surface area (Å²) in [5.41, 5.74) is 3.23. The number of hydrogen-bond donors (Lipinski definition) is 0. The lowest BCUT2D eigenvalue weighted by Gasteiger charge is -1.92. The quantitative estimate of drug-likeness (QED) is 0.553. The number of nitrogens with zero attached hydrogens (tertiary/aromatic N) is 2. The second kappa shape index (κ2) is 2.08. The van der Waals surface area contributed by atoms with Crippen LogP contribution in [0.2, 0.25) is 0 Å². The monoisotopic (exact) mass is 166 g/mol. The molecule has 1 heterocycles. The zero-order chi connectivity index (χ0) is 8.84. The van der Waals surface area contributed by atoms with Crippen LogP contribution in [0.1, 0.15) is 12.0 Å². The van der Waals surface area contributed by atoms with Crippen molar-refractivity contribution in [1.82, 2.24) is 4.98 Å². The summed E-state index contributed by atoms with van der Waals surface area (Å²) in [6, 6.07) is 4.03. The third kappa shape index (κ3) is 0.735. The van der Waals surface area contributed by atoms with Crippen LogP contribution in [0.4, 0.5) is 0 Å². The number of aromatic nitrogens is 1. The average Bonchev–Trinajstić information content (AvgIpc) is 2.77. The molecule has 0 spiro atoms. The Morgan fingerprint density at radius 3 is 3.00 bits per heavy atom. The molecule has 0 atom stereocenters. The molecule has 1 aromatic rings. The van der Waals surface area contributed by atoms with E-state index in [4.69, 9.17) is 5.26 Å². The molecule has 2 nitrogen and oxygen atoms in total. The van der Waals surface area contributed by atoms with E-state index >= 15 is 0 Å². The predicted molar refractivity (Wildman–Crippen MR) is 48.8 cm³/mol. The zero-order valence-electron chi connectivity index (χ0n) is 6.91. The highest BCUT2D eigenvalue weighted by molar-refractivity contribution is 5.84. The first-order chi connectivity index (χ1) is 6.38. The van der Waals surface area contributed by atoms with Crippen LogP contribution in [-0.2, 0) is 0 Å². The molecule has 3 rings (SSSR count). The first-order valence-corrected chi connectivity index (χ1v) is 4.19. The summed E-state index contributed by atoms with van der Waals surface area (Å²) in [6.45, 7) is 0. The van der Waals surface area contributed by atoms with Gasteiger partial charge >= 0.3 is 0 Å². The SMILES string of the molecule is N#Cc1cnc2c(c1)=C1C=CC=2C1. The van der Waals surface area contributed by atoms with E-state index in [1.54, 1.807) is 6.20 Å². The third-order valence-electron chi connectivity index (χ3n) is 2.53. The fourth-order valence-electron chi connectivity index (χ4n) is 1.90. The predicted octanol–water partition coefficient (Wildman–Crippen LogP) is 0.228. The molecule has 2 aliphatic rings. The lowest BCUT2D eigenvalue weighted by atomic mass is 10.2. The van der Waals surface area contributed by atoms with Crippen LogP contribution >= 0.6 is 0 Å². The highest BCUT2D eigenvalue weighted by Crippen LogP contribution is 2.23. The summed E-state index contributed by atoms with van der Waals surface area (Å²) < 4.78 is 0. The van der Waals surface area contributed by atoms with Crippen molar-refractivity contribution in [2.24, 2.45) is 0 Å². The second-order valence-corrected chi connectivity index (χ2v) is 3.29. The number of rotatable bonds is 0. The minimum absolute atomic E-state index is 0.646. The van der Waals surface area contributed by atoms with Crippen LogP contribution in [0.15, 0.2) is 24.4 Å². The number of fused-ring (bicyclic) bond motifs is 3. The van der Waals surface area contributed by atoms with Crippen molar-refractivity contribution in [3.8, 4) is 6.07 Å². The third-order valence-corrected chi connectivity index (χ3v) is 2.53. The van der Waals surface area contributed by atoms with Crippen molar-refractivity contribution in [2.75, 3.05) is 0 Å². The van der Waals surface area contributed by atoms with E-state index in [9.17, 15) is 0 Å². The van der Waals surface area contributed by atoms with Gasteiger partial charge in [0.25, 0.3) is 0 Å². The first-order valence-electron chi connectivity index (χ1n) is 4.19. The molecular weight excluding hydrogens is 160 g/mol. The van der Waals surface area contributed by atoms with E-state index in [2.05, 4.69) is 23.2 Å². The van der Waals surface area contributed by atoms with Crippen molar-refractivity contribution in [1.29, 1.82) is 5.26 Å². The van der Waals surface area contributed by atoms with Gasteiger partial charge in [-0.2, -0.15) is 5.26 Å². The Morgan fingerprint density at radius 2 is 2.15 bits per heavy atom.